The molecule has 1 aliphatic rings. The Morgan fingerprint density at radius 2 is 1.81 bits per heavy atom. The van der Waals surface area contributed by atoms with Gasteiger partial charge in [0.25, 0.3) is 0 Å². The summed E-state index contributed by atoms with van der Waals surface area (Å²) in [7, 11) is 0. The number of carbonyl (C=O) groups is 2. The van der Waals surface area contributed by atoms with Gasteiger partial charge in [0.1, 0.15) is 0 Å². The van der Waals surface area contributed by atoms with E-state index in [2.05, 4.69) is 16.7 Å². The van der Waals surface area contributed by atoms with Crippen molar-refractivity contribution in [3.8, 4) is 0 Å². The monoisotopic (exact) mass is 400 g/mol. The fourth-order valence-electron chi connectivity index (χ4n) is 2.62. The lowest BCUT2D eigenvalue weighted by Crippen LogP contribution is -2.17. The highest BCUT2D eigenvalue weighted by atomic mass is 35.5. The van der Waals surface area contributed by atoms with Gasteiger partial charge in [0.05, 0.1) is 36.3 Å². The first-order valence-electron chi connectivity index (χ1n) is 9.11. The molecule has 0 aliphatic carbocycles. The Labute approximate surface area is 165 Å². The van der Waals surface area contributed by atoms with Gasteiger partial charge in [-0.15, -0.1) is 0 Å². The number of ether oxygens (including phenoxy) is 1. The number of halogens is 1. The van der Waals surface area contributed by atoms with Gasteiger partial charge in [0.2, 0.25) is 0 Å². The topological polar surface area (TPSA) is 108 Å². The predicted octanol–water partition coefficient (Wildman–Crippen LogP) is 2.80. The van der Waals surface area contributed by atoms with Gasteiger partial charge in [0.15, 0.2) is 0 Å². The van der Waals surface area contributed by atoms with Crippen LogP contribution in [0.25, 0.3) is 0 Å². The van der Waals surface area contributed by atoms with E-state index in [1.165, 1.54) is 11.1 Å². The first kappa shape index (κ1) is 23.2. The summed E-state index contributed by atoms with van der Waals surface area (Å²) in [5, 5.41) is 23.5. The summed E-state index contributed by atoms with van der Waals surface area (Å²) in [4.78, 5) is 19.3. The molecule has 2 rings (SSSR count). The van der Waals surface area contributed by atoms with Crippen LogP contribution in [0.3, 0.4) is 0 Å². The summed E-state index contributed by atoms with van der Waals surface area (Å²) >= 11 is 6.33. The van der Waals surface area contributed by atoms with Crippen molar-refractivity contribution < 1.29 is 24.5 Å². The molecule has 1 aliphatic heterocycles. The largest absolute Gasteiger partial charge is 0.481 e. The molecule has 7 nitrogen and oxygen atoms in total. The van der Waals surface area contributed by atoms with Crippen LogP contribution in [0.15, 0.2) is 12.1 Å². The molecule has 0 unspecified atom stereocenters. The lowest BCUT2D eigenvalue weighted by Gasteiger charge is -2.16. The molecular formula is C19H29ClN2O5. The van der Waals surface area contributed by atoms with Crippen LogP contribution in [-0.2, 0) is 27.2 Å². The SMILES string of the molecule is CC(C)OCCNc1c(Cl)ccc2c1CCNCC2.O=C(O)CCC(=O)O. The Morgan fingerprint density at radius 1 is 1.19 bits per heavy atom. The number of aliphatic carboxylic acids is 2. The Bertz CT molecular complexity index is 608. The lowest BCUT2D eigenvalue weighted by molar-refractivity contribution is -0.143. The van der Waals surface area contributed by atoms with Gasteiger partial charge in [-0.1, -0.05) is 17.7 Å². The van der Waals surface area contributed by atoms with E-state index >= 15 is 0 Å². The van der Waals surface area contributed by atoms with E-state index < -0.39 is 11.9 Å². The molecule has 1 heterocycles. The molecule has 152 valence electrons. The minimum Gasteiger partial charge on any atom is -0.481 e. The molecular weight excluding hydrogens is 372 g/mol. The zero-order valence-electron chi connectivity index (χ0n) is 15.9. The molecule has 0 atom stereocenters. The van der Waals surface area contributed by atoms with Gasteiger partial charge in [-0.05, 0) is 57.0 Å². The molecule has 0 spiro atoms. The second-order valence-electron chi connectivity index (χ2n) is 6.44. The average molecular weight is 401 g/mol. The van der Waals surface area contributed by atoms with Crippen LogP contribution in [-0.4, -0.2) is 54.5 Å². The highest BCUT2D eigenvalue weighted by Crippen LogP contribution is 2.30. The molecule has 0 saturated carbocycles. The minimum atomic E-state index is -1.08. The van der Waals surface area contributed by atoms with Crippen molar-refractivity contribution >= 4 is 29.2 Å². The van der Waals surface area contributed by atoms with Crippen LogP contribution in [0, 0.1) is 0 Å². The van der Waals surface area contributed by atoms with E-state index in [0.717, 1.165) is 43.2 Å². The lowest BCUT2D eigenvalue weighted by atomic mass is 10.0. The second-order valence-corrected chi connectivity index (χ2v) is 6.85. The smallest absolute Gasteiger partial charge is 0.303 e. The van der Waals surface area contributed by atoms with E-state index in [0.29, 0.717) is 6.61 Å². The fraction of sp³-hybridized carbons (Fsp3) is 0.579. The zero-order chi connectivity index (χ0) is 20.2. The maximum atomic E-state index is 9.64. The summed E-state index contributed by atoms with van der Waals surface area (Å²) in [6, 6.07) is 4.15. The second kappa shape index (κ2) is 12.5. The molecule has 0 bridgehead atoms. The number of fused-ring (bicyclic) bond motifs is 1. The third kappa shape index (κ3) is 9.60. The number of benzene rings is 1. The number of rotatable bonds is 8. The molecule has 27 heavy (non-hydrogen) atoms. The van der Waals surface area contributed by atoms with Crippen LogP contribution in [0.5, 0.6) is 0 Å². The molecule has 0 amide bonds. The Kier molecular flexibility index (Phi) is 10.8. The third-order valence-electron chi connectivity index (χ3n) is 3.89. The molecule has 0 saturated heterocycles. The summed E-state index contributed by atoms with van der Waals surface area (Å²) in [6.07, 6.45) is 1.78. The third-order valence-corrected chi connectivity index (χ3v) is 4.20. The fourth-order valence-corrected chi connectivity index (χ4v) is 2.86. The Balaban J connectivity index is 0.000000387. The van der Waals surface area contributed by atoms with Crippen molar-refractivity contribution in [3.05, 3.63) is 28.3 Å². The quantitative estimate of drug-likeness (QED) is 0.497. The van der Waals surface area contributed by atoms with Gasteiger partial charge >= 0.3 is 11.9 Å². The summed E-state index contributed by atoms with van der Waals surface area (Å²) in [6.45, 7) is 7.66. The van der Waals surface area contributed by atoms with Crippen molar-refractivity contribution in [2.45, 2.75) is 45.6 Å². The molecule has 4 N–H and O–H groups in total. The highest BCUT2D eigenvalue weighted by molar-refractivity contribution is 6.33. The normalized spacial score (nSPS) is 13.2. The minimum absolute atomic E-state index is 0.273. The predicted molar refractivity (Wildman–Crippen MR) is 106 cm³/mol. The van der Waals surface area contributed by atoms with Crippen LogP contribution < -0.4 is 10.6 Å². The number of nitrogens with one attached hydrogen (secondary N) is 2. The zero-order valence-corrected chi connectivity index (χ0v) is 16.6. The number of anilines is 1. The summed E-state index contributed by atoms with van der Waals surface area (Å²) < 4.78 is 5.55. The van der Waals surface area contributed by atoms with E-state index in [9.17, 15) is 9.59 Å². The average Bonchev–Trinajstić information content (AvgIpc) is 2.84. The van der Waals surface area contributed by atoms with Crippen LogP contribution >= 0.6 is 11.6 Å². The van der Waals surface area contributed by atoms with Gasteiger partial charge in [-0.25, -0.2) is 0 Å². The number of carboxylic acid groups (broad SMARTS) is 2. The number of hydrogen-bond donors (Lipinski definition) is 4. The Hall–Kier alpha value is -1.83. The van der Waals surface area contributed by atoms with Gasteiger partial charge < -0.3 is 25.6 Å². The maximum Gasteiger partial charge on any atom is 0.303 e. The van der Waals surface area contributed by atoms with E-state index in [1.54, 1.807) is 0 Å². The standard InChI is InChI=1S/C15H23ClN2O.C4H6O4/c1-11(2)19-10-9-18-15-13-6-8-17-7-5-12(13)3-4-14(15)16;5-3(6)1-2-4(7)8/h3-4,11,17-18H,5-10H2,1-2H3;1-2H2,(H,5,6)(H,7,8). The van der Waals surface area contributed by atoms with Crippen molar-refractivity contribution in [2.24, 2.45) is 0 Å². The molecule has 0 fully saturated rings. The summed E-state index contributed by atoms with van der Waals surface area (Å²) in [5.74, 6) is -2.15. The van der Waals surface area contributed by atoms with Crippen LogP contribution in [0.1, 0.15) is 37.8 Å². The molecule has 1 aromatic rings. The van der Waals surface area contributed by atoms with Gasteiger partial charge in [-0.3, -0.25) is 9.59 Å². The number of carboxylic acids is 2. The van der Waals surface area contributed by atoms with Crippen molar-refractivity contribution in [3.63, 3.8) is 0 Å². The molecule has 1 aromatic carbocycles. The van der Waals surface area contributed by atoms with Crippen molar-refractivity contribution in [1.82, 2.24) is 5.32 Å². The maximum absolute atomic E-state index is 9.64. The summed E-state index contributed by atoms with van der Waals surface area (Å²) in [5.41, 5.74) is 3.86. The van der Waals surface area contributed by atoms with E-state index in [4.69, 9.17) is 26.6 Å². The van der Waals surface area contributed by atoms with Crippen LogP contribution in [0.4, 0.5) is 5.69 Å². The van der Waals surface area contributed by atoms with E-state index in [-0.39, 0.29) is 18.9 Å². The van der Waals surface area contributed by atoms with Crippen molar-refractivity contribution in [1.29, 1.82) is 0 Å². The molecule has 0 aromatic heterocycles. The highest BCUT2D eigenvalue weighted by Gasteiger charge is 2.14. The Morgan fingerprint density at radius 3 is 2.41 bits per heavy atom. The molecule has 0 radical (unpaired) electrons. The van der Waals surface area contributed by atoms with Crippen LogP contribution in [0.2, 0.25) is 5.02 Å². The first-order chi connectivity index (χ1) is 12.8. The van der Waals surface area contributed by atoms with E-state index in [1.807, 2.05) is 19.9 Å². The first-order valence-corrected chi connectivity index (χ1v) is 9.49. The molecule has 8 heteroatoms. The van der Waals surface area contributed by atoms with Gasteiger partial charge in [0, 0.05) is 6.54 Å². The van der Waals surface area contributed by atoms with Gasteiger partial charge in [-0.2, -0.15) is 0 Å². The number of hydrogen-bond acceptors (Lipinski definition) is 5. The van der Waals surface area contributed by atoms with Crippen molar-refractivity contribution in [2.75, 3.05) is 31.6 Å².